The lowest BCUT2D eigenvalue weighted by atomic mass is 9.97. The zero-order valence-electron chi connectivity index (χ0n) is 12.8. The highest BCUT2D eigenvalue weighted by molar-refractivity contribution is 5.95. The molecule has 1 N–H and O–H groups in total. The van der Waals surface area contributed by atoms with Crippen molar-refractivity contribution in [2.24, 2.45) is 0 Å². The minimum absolute atomic E-state index is 0.000346. The molecule has 2 heterocycles. The van der Waals surface area contributed by atoms with E-state index in [4.69, 9.17) is 0 Å². The molecule has 0 unspecified atom stereocenters. The fraction of sp³-hybridized carbons (Fsp3) is 0.0500. The van der Waals surface area contributed by atoms with Crippen molar-refractivity contribution in [1.82, 2.24) is 9.88 Å². The van der Waals surface area contributed by atoms with Gasteiger partial charge in [-0.2, -0.15) is 0 Å². The van der Waals surface area contributed by atoms with Crippen LogP contribution in [0.4, 0.5) is 4.39 Å². The summed E-state index contributed by atoms with van der Waals surface area (Å²) in [5, 5.41) is 0.858. The second kappa shape index (κ2) is 5.81. The van der Waals surface area contributed by atoms with Crippen molar-refractivity contribution in [1.29, 1.82) is 0 Å². The Labute approximate surface area is 138 Å². The Morgan fingerprint density at radius 2 is 1.79 bits per heavy atom. The first-order valence-electron chi connectivity index (χ1n) is 7.73. The van der Waals surface area contributed by atoms with Gasteiger partial charge in [-0.05, 0) is 35.9 Å². The van der Waals surface area contributed by atoms with Crippen LogP contribution in [0.5, 0.6) is 0 Å². The molecule has 1 aliphatic rings. The summed E-state index contributed by atoms with van der Waals surface area (Å²) < 4.78 is 13.5. The van der Waals surface area contributed by atoms with E-state index in [1.807, 2.05) is 36.5 Å². The van der Waals surface area contributed by atoms with Crippen molar-refractivity contribution >= 4 is 16.8 Å². The van der Waals surface area contributed by atoms with Crippen LogP contribution in [0.2, 0.25) is 0 Å². The molecule has 1 amide bonds. The zero-order valence-corrected chi connectivity index (χ0v) is 12.8. The average molecular weight is 318 g/mol. The molecule has 0 saturated carbocycles. The molecule has 0 spiro atoms. The number of nitrogens with one attached hydrogen (secondary N) is 1. The summed E-state index contributed by atoms with van der Waals surface area (Å²) in [5.41, 5.74) is 2.53. The van der Waals surface area contributed by atoms with Gasteiger partial charge in [-0.25, -0.2) is 4.39 Å². The summed E-state index contributed by atoms with van der Waals surface area (Å²) >= 11 is 0. The Morgan fingerprint density at radius 1 is 1.04 bits per heavy atom. The third kappa shape index (κ3) is 2.52. The first-order valence-corrected chi connectivity index (χ1v) is 7.73. The van der Waals surface area contributed by atoms with E-state index in [0.717, 1.165) is 16.5 Å². The van der Waals surface area contributed by atoms with Crippen molar-refractivity contribution in [2.45, 2.75) is 5.92 Å². The maximum absolute atomic E-state index is 13.5. The number of carbonyl (C=O) groups excluding carboxylic acids is 1. The van der Waals surface area contributed by atoms with E-state index in [-0.39, 0.29) is 17.6 Å². The van der Waals surface area contributed by atoms with Gasteiger partial charge in [-0.3, -0.25) is 9.69 Å². The van der Waals surface area contributed by atoms with Crippen molar-refractivity contribution in [3.8, 4) is 0 Å². The van der Waals surface area contributed by atoms with Gasteiger partial charge in [0.2, 0.25) is 0 Å². The van der Waals surface area contributed by atoms with Crippen LogP contribution in [0.15, 0.2) is 79.3 Å². The molecule has 4 heteroatoms. The Kier molecular flexibility index (Phi) is 3.50. The van der Waals surface area contributed by atoms with Crippen molar-refractivity contribution in [3.05, 3.63) is 96.2 Å². The molecule has 4 rings (SSSR count). The Hall–Kier alpha value is -3.14. The number of aromatic nitrogens is 1. The van der Waals surface area contributed by atoms with Crippen LogP contribution in [-0.4, -0.2) is 15.8 Å². The third-order valence-corrected chi connectivity index (χ3v) is 4.20. The van der Waals surface area contributed by atoms with Gasteiger partial charge in [0.15, 0.2) is 0 Å². The highest BCUT2D eigenvalue weighted by atomic mass is 19.1. The molecular formula is C20H15FN2O. The number of amides is 1. The van der Waals surface area contributed by atoms with Crippen LogP contribution < -0.4 is 0 Å². The number of halogens is 1. The predicted molar refractivity (Wildman–Crippen MR) is 91.9 cm³/mol. The Morgan fingerprint density at radius 3 is 2.54 bits per heavy atom. The number of rotatable bonds is 2. The van der Waals surface area contributed by atoms with E-state index in [0.29, 0.717) is 5.56 Å². The molecule has 0 fully saturated rings. The zero-order chi connectivity index (χ0) is 16.5. The molecule has 1 aliphatic heterocycles. The van der Waals surface area contributed by atoms with Gasteiger partial charge in [0.05, 0.1) is 0 Å². The minimum atomic E-state index is -0.256. The van der Waals surface area contributed by atoms with Gasteiger partial charge in [-0.15, -0.1) is 0 Å². The lowest BCUT2D eigenvalue weighted by molar-refractivity contribution is 0.0867. The van der Waals surface area contributed by atoms with E-state index in [9.17, 15) is 9.18 Å². The van der Waals surface area contributed by atoms with Crippen LogP contribution in [0.3, 0.4) is 0 Å². The summed E-state index contributed by atoms with van der Waals surface area (Å²) in [6, 6.07) is 13.8. The molecule has 24 heavy (non-hydrogen) atoms. The average Bonchev–Trinajstić information content (AvgIpc) is 3.05. The normalized spacial score (nSPS) is 14.5. The number of carbonyl (C=O) groups is 1. The number of benzene rings is 2. The summed E-state index contributed by atoms with van der Waals surface area (Å²) in [4.78, 5) is 17.1. The summed E-state index contributed by atoms with van der Waals surface area (Å²) in [6.07, 6.45) is 9.29. The van der Waals surface area contributed by atoms with Crippen molar-refractivity contribution in [2.75, 3.05) is 0 Å². The Balaban J connectivity index is 1.59. The maximum Gasteiger partial charge on any atom is 0.261 e. The maximum atomic E-state index is 13.5. The van der Waals surface area contributed by atoms with Gasteiger partial charge in [0.1, 0.15) is 5.82 Å². The molecule has 1 aromatic heterocycles. The van der Waals surface area contributed by atoms with Crippen LogP contribution in [0, 0.1) is 5.82 Å². The van der Waals surface area contributed by atoms with Crippen LogP contribution in [0.25, 0.3) is 10.9 Å². The third-order valence-electron chi connectivity index (χ3n) is 4.20. The number of fused-ring (bicyclic) bond motifs is 1. The summed E-state index contributed by atoms with van der Waals surface area (Å²) in [7, 11) is 0. The summed E-state index contributed by atoms with van der Waals surface area (Å²) in [6.45, 7) is 0. The van der Waals surface area contributed by atoms with E-state index < -0.39 is 0 Å². The van der Waals surface area contributed by atoms with Gasteiger partial charge in [-0.1, -0.05) is 30.4 Å². The molecule has 3 aromatic rings. The molecule has 118 valence electrons. The molecular weight excluding hydrogens is 303 g/mol. The second-order valence-corrected chi connectivity index (χ2v) is 5.72. The summed E-state index contributed by atoms with van der Waals surface area (Å²) in [5.74, 6) is -0.333. The van der Waals surface area contributed by atoms with E-state index >= 15 is 0 Å². The SMILES string of the molecule is O=C(c1ccccc1)N1C=CC(c2c[nH]c3ccc(F)cc23)C=C1. The standard InChI is InChI=1S/C20H15FN2O/c21-16-6-7-19-17(12-16)18(13-22-19)14-8-10-23(11-9-14)20(24)15-4-2-1-3-5-15/h1-14,22H. The molecule has 0 radical (unpaired) electrons. The lowest BCUT2D eigenvalue weighted by Crippen LogP contribution is -2.22. The van der Waals surface area contributed by atoms with E-state index in [1.165, 1.54) is 12.1 Å². The molecule has 0 atom stereocenters. The number of hydrogen-bond acceptors (Lipinski definition) is 1. The molecule has 2 aromatic carbocycles. The van der Waals surface area contributed by atoms with Crippen LogP contribution in [0.1, 0.15) is 21.8 Å². The molecule has 3 nitrogen and oxygen atoms in total. The largest absolute Gasteiger partial charge is 0.361 e. The van der Waals surface area contributed by atoms with Crippen molar-refractivity contribution < 1.29 is 9.18 Å². The molecule has 0 bridgehead atoms. The Bertz CT molecular complexity index is 942. The smallest absolute Gasteiger partial charge is 0.261 e. The monoisotopic (exact) mass is 318 g/mol. The van der Waals surface area contributed by atoms with E-state index in [1.54, 1.807) is 35.5 Å². The first-order chi connectivity index (χ1) is 11.7. The van der Waals surface area contributed by atoms with Crippen molar-refractivity contribution in [3.63, 3.8) is 0 Å². The fourth-order valence-electron chi connectivity index (χ4n) is 2.95. The quantitative estimate of drug-likeness (QED) is 0.738. The number of nitrogens with zero attached hydrogens (tertiary/aromatic N) is 1. The number of hydrogen-bond donors (Lipinski definition) is 1. The van der Waals surface area contributed by atoms with Gasteiger partial charge >= 0.3 is 0 Å². The van der Waals surface area contributed by atoms with E-state index in [2.05, 4.69) is 4.98 Å². The number of aromatic amines is 1. The van der Waals surface area contributed by atoms with Gasteiger partial charge in [0.25, 0.3) is 5.91 Å². The van der Waals surface area contributed by atoms with Gasteiger partial charge in [0, 0.05) is 41.0 Å². The highest BCUT2D eigenvalue weighted by Gasteiger charge is 2.18. The second-order valence-electron chi connectivity index (χ2n) is 5.72. The first kappa shape index (κ1) is 14.5. The van der Waals surface area contributed by atoms with Gasteiger partial charge < -0.3 is 4.98 Å². The minimum Gasteiger partial charge on any atom is -0.361 e. The lowest BCUT2D eigenvalue weighted by Gasteiger charge is -2.20. The molecule has 0 saturated heterocycles. The number of H-pyrrole nitrogens is 1. The topological polar surface area (TPSA) is 36.1 Å². The highest BCUT2D eigenvalue weighted by Crippen LogP contribution is 2.30. The van der Waals surface area contributed by atoms with Crippen LogP contribution in [-0.2, 0) is 0 Å². The molecule has 0 aliphatic carbocycles. The van der Waals surface area contributed by atoms with Crippen LogP contribution >= 0.6 is 0 Å². The predicted octanol–water partition coefficient (Wildman–Crippen LogP) is 4.57. The number of allylic oxidation sites excluding steroid dienone is 2. The fourth-order valence-corrected chi connectivity index (χ4v) is 2.95.